The third-order valence-electron chi connectivity index (χ3n) is 21.2. The van der Waals surface area contributed by atoms with E-state index >= 15 is 0 Å². The lowest BCUT2D eigenvalue weighted by atomic mass is 9.81. The van der Waals surface area contributed by atoms with Gasteiger partial charge < -0.3 is 9.80 Å². The molecule has 0 saturated heterocycles. The molecule has 0 bridgehead atoms. The van der Waals surface area contributed by atoms with E-state index in [0.29, 0.717) is 0 Å². The molecule has 0 aliphatic heterocycles. The van der Waals surface area contributed by atoms with Crippen LogP contribution in [-0.2, 0) is 21.7 Å². The van der Waals surface area contributed by atoms with Crippen molar-refractivity contribution in [3.05, 3.63) is 310 Å². The number of benzene rings is 12. The number of hydrogen-bond acceptors (Lipinski definition) is 2. The van der Waals surface area contributed by atoms with Crippen LogP contribution in [0.5, 0.6) is 0 Å². The monoisotopic (exact) mass is 1150 g/mol. The molecule has 4 aliphatic rings. The van der Waals surface area contributed by atoms with E-state index in [4.69, 9.17) is 0 Å². The van der Waals surface area contributed by atoms with Crippen LogP contribution in [0.4, 0.5) is 34.1 Å². The maximum absolute atomic E-state index is 2.54. The molecule has 2 nitrogen and oxygen atoms in total. The highest BCUT2D eigenvalue weighted by Gasteiger charge is 2.41. The van der Waals surface area contributed by atoms with Gasteiger partial charge in [-0.1, -0.05) is 219 Å². The molecule has 4 aliphatic carbocycles. The van der Waals surface area contributed by atoms with Crippen molar-refractivity contribution in [2.75, 3.05) is 9.80 Å². The van der Waals surface area contributed by atoms with E-state index < -0.39 is 0 Å². The Labute approximate surface area is 526 Å². The zero-order chi connectivity index (χ0) is 61.0. The minimum atomic E-state index is -0.265. The van der Waals surface area contributed by atoms with Gasteiger partial charge in [0.15, 0.2) is 0 Å². The zero-order valence-corrected chi connectivity index (χ0v) is 53.1. The van der Waals surface area contributed by atoms with Gasteiger partial charge in [-0.25, -0.2) is 0 Å². The van der Waals surface area contributed by atoms with Crippen molar-refractivity contribution in [2.45, 2.75) is 97.8 Å². The third kappa shape index (κ3) is 8.22. The predicted molar refractivity (Wildman–Crippen MR) is 377 cm³/mol. The highest BCUT2D eigenvalue weighted by molar-refractivity contribution is 5.93. The zero-order valence-electron chi connectivity index (χ0n) is 53.1. The van der Waals surface area contributed by atoms with Crippen molar-refractivity contribution in [3.63, 3.8) is 0 Å². The summed E-state index contributed by atoms with van der Waals surface area (Å²) in [4.78, 5) is 5.05. The first-order chi connectivity index (χ1) is 42.9. The molecule has 0 aromatic heterocycles. The first kappa shape index (κ1) is 54.6. The summed E-state index contributed by atoms with van der Waals surface area (Å²) in [6, 6.07) is 94.6. The highest BCUT2D eigenvalue weighted by Crippen LogP contribution is 2.57. The number of aryl methyl sites for hydroxylation is 3. The van der Waals surface area contributed by atoms with Crippen molar-refractivity contribution < 1.29 is 0 Å². The second kappa shape index (κ2) is 19.6. The fourth-order valence-corrected chi connectivity index (χ4v) is 16.4. The Morgan fingerprint density at radius 2 is 0.528 bits per heavy atom. The largest absolute Gasteiger partial charge is 0.310 e. The molecular formula is C87H74N2. The number of nitrogens with zero attached hydrogens (tertiary/aromatic N) is 2. The summed E-state index contributed by atoms with van der Waals surface area (Å²) in [5, 5.41) is 0. The molecule has 0 N–H and O–H groups in total. The van der Waals surface area contributed by atoms with Crippen LogP contribution < -0.4 is 9.80 Å². The quantitative estimate of drug-likeness (QED) is 0.142. The van der Waals surface area contributed by atoms with Crippen molar-refractivity contribution in [2.24, 2.45) is 0 Å². The minimum absolute atomic E-state index is 0.130. The van der Waals surface area contributed by atoms with E-state index in [1.54, 1.807) is 0 Å². The average Bonchev–Trinajstić information content (AvgIpc) is 1.97. The Morgan fingerprint density at radius 3 is 0.966 bits per heavy atom. The van der Waals surface area contributed by atoms with Crippen molar-refractivity contribution in [1.82, 2.24) is 0 Å². The van der Waals surface area contributed by atoms with Crippen LogP contribution in [0.2, 0.25) is 0 Å². The van der Waals surface area contributed by atoms with Crippen LogP contribution >= 0.6 is 0 Å². The molecule has 12 aromatic carbocycles. The van der Waals surface area contributed by atoms with E-state index in [-0.39, 0.29) is 21.7 Å². The van der Waals surface area contributed by atoms with Crippen molar-refractivity contribution in [1.29, 1.82) is 0 Å². The molecule has 0 atom stereocenters. The van der Waals surface area contributed by atoms with Crippen LogP contribution in [-0.4, -0.2) is 0 Å². The maximum atomic E-state index is 2.54. The normalized spacial score (nSPS) is 15.0. The Bertz CT molecular complexity index is 4820. The van der Waals surface area contributed by atoms with Crippen molar-refractivity contribution in [3.8, 4) is 77.9 Å². The Balaban J connectivity index is 0.749. The van der Waals surface area contributed by atoms with Crippen molar-refractivity contribution >= 4 is 34.1 Å². The summed E-state index contributed by atoms with van der Waals surface area (Å²) in [6.07, 6.45) is 0. The second-order valence-corrected chi connectivity index (χ2v) is 27.9. The molecule has 432 valence electrons. The topological polar surface area (TPSA) is 6.48 Å². The van der Waals surface area contributed by atoms with Crippen LogP contribution in [0.1, 0.15) is 117 Å². The highest BCUT2D eigenvalue weighted by atomic mass is 15.2. The van der Waals surface area contributed by atoms with Gasteiger partial charge in [0.1, 0.15) is 0 Å². The van der Waals surface area contributed by atoms with E-state index in [0.717, 1.165) is 0 Å². The van der Waals surface area contributed by atoms with Gasteiger partial charge in [0, 0.05) is 50.1 Å². The van der Waals surface area contributed by atoms with Crippen LogP contribution in [0, 0.1) is 20.8 Å². The molecule has 0 radical (unpaired) electrons. The Hall–Kier alpha value is -9.76. The van der Waals surface area contributed by atoms with Gasteiger partial charge in [-0.3, -0.25) is 0 Å². The molecule has 0 heterocycles. The molecule has 16 rings (SSSR count). The lowest BCUT2D eigenvalue weighted by Crippen LogP contribution is -2.19. The first-order valence-corrected chi connectivity index (χ1v) is 31.9. The van der Waals surface area contributed by atoms with E-state index in [2.05, 4.69) is 335 Å². The maximum Gasteiger partial charge on any atom is 0.0520 e. The number of hydrogen-bond donors (Lipinski definition) is 0. The van der Waals surface area contributed by atoms with Crippen LogP contribution in [0.15, 0.2) is 249 Å². The number of anilines is 6. The molecule has 0 saturated carbocycles. The predicted octanol–water partition coefficient (Wildman–Crippen LogP) is 23.8. The molecule has 0 amide bonds. The molecule has 12 aromatic rings. The molecule has 0 fully saturated rings. The number of fused-ring (bicyclic) bond motifs is 12. The van der Waals surface area contributed by atoms with Gasteiger partial charge in [-0.05, 0) is 245 Å². The molecular weight excluding hydrogens is 1070 g/mol. The van der Waals surface area contributed by atoms with E-state index in [9.17, 15) is 0 Å². The van der Waals surface area contributed by atoms with Gasteiger partial charge in [0.25, 0.3) is 0 Å². The van der Waals surface area contributed by atoms with E-state index in [1.165, 1.54) is 173 Å². The van der Waals surface area contributed by atoms with Gasteiger partial charge >= 0.3 is 0 Å². The smallest absolute Gasteiger partial charge is 0.0520 e. The number of rotatable bonds is 9. The van der Waals surface area contributed by atoms with E-state index in [1.807, 2.05) is 0 Å². The van der Waals surface area contributed by atoms with Crippen LogP contribution in [0.3, 0.4) is 0 Å². The third-order valence-corrected chi connectivity index (χ3v) is 21.2. The Kier molecular flexibility index (Phi) is 12.0. The van der Waals surface area contributed by atoms with Gasteiger partial charge in [0.05, 0.1) is 5.69 Å². The summed E-state index contributed by atoms with van der Waals surface area (Å²) in [7, 11) is 0. The average molecular weight is 1150 g/mol. The SMILES string of the molecule is Cc1cc(-c2cccc(-c3ccc4c(c3)C(C)(C)c3cc(N(c5ccc6c(c5)C(C)(C)c5ccccc5-6)c5c(C)cc(-c6ccccc6)cc5C)ccc3-4)c2)ccc1N(c1ccc2c(c1)C(C)(C)c1ccccc1-2)c1ccc2c(c1)C(C)(C)c1ccccc1-2. The standard InChI is InChI=1S/C87H74N2/c1-53-44-59(33-43-82(53)88(62-34-39-70-66-26-15-18-29-74(66)84(4,5)78(70)49-62)63-35-40-71-67-27-16-19-30-75(67)85(6,7)79(71)50-63)57-24-21-25-58(47-57)60-32-38-69-73-42-37-65(52-81(73)87(10,11)77(69)48-60)89(83-54(2)45-61(46-55(83)3)56-22-13-12-14-23-56)64-36-41-72-68-28-17-20-31-76(68)86(8,9)80(72)51-64/h12-52H,1-11H3. The summed E-state index contributed by atoms with van der Waals surface area (Å²) in [5.41, 5.74) is 39.0. The summed E-state index contributed by atoms with van der Waals surface area (Å²) in [6.45, 7) is 26.0. The second-order valence-electron chi connectivity index (χ2n) is 27.9. The first-order valence-electron chi connectivity index (χ1n) is 31.9. The van der Waals surface area contributed by atoms with Gasteiger partial charge in [-0.15, -0.1) is 0 Å². The lowest BCUT2D eigenvalue weighted by Gasteiger charge is -2.32. The van der Waals surface area contributed by atoms with Gasteiger partial charge in [-0.2, -0.15) is 0 Å². The fraction of sp³-hybridized carbons (Fsp3) is 0.172. The van der Waals surface area contributed by atoms with Crippen LogP contribution in [0.25, 0.3) is 77.9 Å². The summed E-state index contributed by atoms with van der Waals surface area (Å²) < 4.78 is 0. The summed E-state index contributed by atoms with van der Waals surface area (Å²) >= 11 is 0. The molecule has 2 heteroatoms. The fourth-order valence-electron chi connectivity index (χ4n) is 16.4. The Morgan fingerprint density at radius 1 is 0.213 bits per heavy atom. The molecule has 0 spiro atoms. The molecule has 89 heavy (non-hydrogen) atoms. The molecule has 0 unspecified atom stereocenters. The summed E-state index contributed by atoms with van der Waals surface area (Å²) in [5.74, 6) is 0. The van der Waals surface area contributed by atoms with Gasteiger partial charge in [0.2, 0.25) is 0 Å². The minimum Gasteiger partial charge on any atom is -0.310 e. The lowest BCUT2D eigenvalue weighted by molar-refractivity contribution is 0.659.